The standard InChI is InChI=1S/C14H21NO2/c1-16-10-14(7-11(8-14)9-15)12-5-3-4-6-13(12)17-2/h3-6,11H,7-10,15H2,1-2H3. The van der Waals surface area contributed by atoms with Gasteiger partial charge in [-0.15, -0.1) is 0 Å². The second kappa shape index (κ2) is 5.07. The largest absolute Gasteiger partial charge is 0.496 e. The minimum absolute atomic E-state index is 0.103. The van der Waals surface area contributed by atoms with Crippen molar-refractivity contribution in [3.8, 4) is 5.75 Å². The maximum absolute atomic E-state index is 5.73. The van der Waals surface area contributed by atoms with Gasteiger partial charge < -0.3 is 15.2 Å². The summed E-state index contributed by atoms with van der Waals surface area (Å²) in [6.45, 7) is 1.50. The molecule has 1 saturated carbocycles. The first-order valence-corrected chi connectivity index (χ1v) is 6.08. The zero-order chi connectivity index (χ0) is 12.3. The Morgan fingerprint density at radius 3 is 2.59 bits per heavy atom. The molecule has 0 spiro atoms. The van der Waals surface area contributed by atoms with Crippen LogP contribution >= 0.6 is 0 Å². The number of benzene rings is 1. The topological polar surface area (TPSA) is 44.5 Å². The highest BCUT2D eigenvalue weighted by Gasteiger charge is 2.46. The third-order valence-corrected chi connectivity index (χ3v) is 3.79. The molecule has 1 fully saturated rings. The van der Waals surface area contributed by atoms with Crippen LogP contribution in [0, 0.1) is 5.92 Å². The van der Waals surface area contributed by atoms with E-state index in [2.05, 4.69) is 12.1 Å². The summed E-state index contributed by atoms with van der Waals surface area (Å²) in [5, 5.41) is 0. The van der Waals surface area contributed by atoms with E-state index >= 15 is 0 Å². The Morgan fingerprint density at radius 2 is 2.00 bits per heavy atom. The Labute approximate surface area is 103 Å². The predicted octanol–water partition coefficient (Wildman–Crippen LogP) is 1.95. The van der Waals surface area contributed by atoms with Crippen molar-refractivity contribution in [2.24, 2.45) is 11.7 Å². The number of para-hydroxylation sites is 1. The monoisotopic (exact) mass is 235 g/mol. The van der Waals surface area contributed by atoms with Crippen LogP contribution in [0.25, 0.3) is 0 Å². The Hall–Kier alpha value is -1.06. The van der Waals surface area contributed by atoms with Crippen molar-refractivity contribution in [3.63, 3.8) is 0 Å². The lowest BCUT2D eigenvalue weighted by Gasteiger charge is -2.48. The summed E-state index contributed by atoms with van der Waals surface area (Å²) in [7, 11) is 3.48. The first kappa shape index (κ1) is 12.4. The number of rotatable bonds is 5. The molecule has 0 radical (unpaired) electrons. The van der Waals surface area contributed by atoms with E-state index in [0.717, 1.165) is 31.7 Å². The number of methoxy groups -OCH3 is 2. The van der Waals surface area contributed by atoms with Crippen LogP contribution in [-0.2, 0) is 10.2 Å². The van der Waals surface area contributed by atoms with E-state index in [9.17, 15) is 0 Å². The lowest BCUT2D eigenvalue weighted by atomic mass is 9.59. The Balaban J connectivity index is 2.28. The number of ether oxygens (including phenoxy) is 2. The van der Waals surface area contributed by atoms with Gasteiger partial charge in [0.05, 0.1) is 13.7 Å². The molecule has 1 aromatic carbocycles. The van der Waals surface area contributed by atoms with Crippen LogP contribution in [0.5, 0.6) is 5.75 Å². The molecule has 2 rings (SSSR count). The smallest absolute Gasteiger partial charge is 0.122 e. The normalized spacial score (nSPS) is 27.6. The van der Waals surface area contributed by atoms with Crippen molar-refractivity contribution in [2.45, 2.75) is 18.3 Å². The van der Waals surface area contributed by atoms with E-state index < -0.39 is 0 Å². The molecule has 1 aliphatic rings. The molecule has 0 amide bonds. The van der Waals surface area contributed by atoms with Gasteiger partial charge in [0.25, 0.3) is 0 Å². The van der Waals surface area contributed by atoms with Gasteiger partial charge in [-0.3, -0.25) is 0 Å². The van der Waals surface area contributed by atoms with Crippen molar-refractivity contribution in [1.29, 1.82) is 0 Å². The van der Waals surface area contributed by atoms with Gasteiger partial charge in [-0.1, -0.05) is 18.2 Å². The molecule has 0 aromatic heterocycles. The maximum Gasteiger partial charge on any atom is 0.122 e. The van der Waals surface area contributed by atoms with E-state index in [-0.39, 0.29) is 5.41 Å². The minimum Gasteiger partial charge on any atom is -0.496 e. The highest BCUT2D eigenvalue weighted by atomic mass is 16.5. The Bertz CT molecular complexity index is 372. The Kier molecular flexibility index (Phi) is 3.69. The fourth-order valence-corrected chi connectivity index (χ4v) is 2.99. The minimum atomic E-state index is 0.103. The number of nitrogens with two attached hydrogens (primary N) is 1. The molecule has 0 heterocycles. The van der Waals surface area contributed by atoms with Crippen LogP contribution in [0.1, 0.15) is 18.4 Å². The lowest BCUT2D eigenvalue weighted by Crippen LogP contribution is -2.47. The average molecular weight is 235 g/mol. The summed E-state index contributed by atoms with van der Waals surface area (Å²) in [6, 6.07) is 8.22. The molecule has 0 bridgehead atoms. The summed E-state index contributed by atoms with van der Waals surface area (Å²) < 4.78 is 10.9. The zero-order valence-electron chi connectivity index (χ0n) is 10.6. The third-order valence-electron chi connectivity index (χ3n) is 3.79. The van der Waals surface area contributed by atoms with Crippen LogP contribution in [0.2, 0.25) is 0 Å². The van der Waals surface area contributed by atoms with E-state index in [4.69, 9.17) is 15.2 Å². The third kappa shape index (κ3) is 2.17. The average Bonchev–Trinajstić information content (AvgIpc) is 2.33. The van der Waals surface area contributed by atoms with Gasteiger partial charge in [-0.2, -0.15) is 0 Å². The zero-order valence-corrected chi connectivity index (χ0v) is 10.6. The molecular weight excluding hydrogens is 214 g/mol. The maximum atomic E-state index is 5.73. The van der Waals surface area contributed by atoms with Crippen molar-refractivity contribution in [1.82, 2.24) is 0 Å². The molecule has 17 heavy (non-hydrogen) atoms. The van der Waals surface area contributed by atoms with Crippen LogP contribution in [-0.4, -0.2) is 27.4 Å². The molecule has 3 nitrogen and oxygen atoms in total. The van der Waals surface area contributed by atoms with Crippen molar-refractivity contribution in [2.75, 3.05) is 27.4 Å². The molecule has 2 N–H and O–H groups in total. The highest BCUT2D eigenvalue weighted by Crippen LogP contribution is 2.50. The number of hydrogen-bond acceptors (Lipinski definition) is 3. The molecule has 0 atom stereocenters. The van der Waals surface area contributed by atoms with Crippen LogP contribution in [0.15, 0.2) is 24.3 Å². The lowest BCUT2D eigenvalue weighted by molar-refractivity contribution is 0.0406. The van der Waals surface area contributed by atoms with E-state index in [1.54, 1.807) is 14.2 Å². The summed E-state index contributed by atoms with van der Waals surface area (Å²) in [6.07, 6.45) is 2.19. The molecular formula is C14H21NO2. The van der Waals surface area contributed by atoms with Gasteiger partial charge in [0.2, 0.25) is 0 Å². The van der Waals surface area contributed by atoms with Gasteiger partial charge in [0, 0.05) is 18.1 Å². The van der Waals surface area contributed by atoms with E-state index in [1.165, 1.54) is 5.56 Å². The van der Waals surface area contributed by atoms with Crippen molar-refractivity contribution >= 4 is 0 Å². The fourth-order valence-electron chi connectivity index (χ4n) is 2.99. The second-order valence-corrected chi connectivity index (χ2v) is 4.92. The molecule has 1 aliphatic carbocycles. The summed E-state index contributed by atoms with van der Waals surface area (Å²) in [5.74, 6) is 1.58. The first-order chi connectivity index (χ1) is 8.25. The van der Waals surface area contributed by atoms with Crippen LogP contribution < -0.4 is 10.5 Å². The SMILES string of the molecule is COCC1(c2ccccc2OC)CC(CN)C1. The van der Waals surface area contributed by atoms with Gasteiger partial charge in [0.15, 0.2) is 0 Å². The summed E-state index contributed by atoms with van der Waals surface area (Å²) >= 11 is 0. The molecule has 1 aromatic rings. The molecule has 0 saturated heterocycles. The van der Waals surface area contributed by atoms with Crippen LogP contribution in [0.3, 0.4) is 0 Å². The molecule has 3 heteroatoms. The summed E-state index contributed by atoms with van der Waals surface area (Å²) in [5.41, 5.74) is 7.09. The summed E-state index contributed by atoms with van der Waals surface area (Å²) in [4.78, 5) is 0. The fraction of sp³-hybridized carbons (Fsp3) is 0.571. The van der Waals surface area contributed by atoms with Gasteiger partial charge >= 0.3 is 0 Å². The predicted molar refractivity (Wildman–Crippen MR) is 68.3 cm³/mol. The number of hydrogen-bond donors (Lipinski definition) is 1. The van der Waals surface area contributed by atoms with Gasteiger partial charge in [0.1, 0.15) is 5.75 Å². The second-order valence-electron chi connectivity index (χ2n) is 4.92. The molecule has 0 aliphatic heterocycles. The van der Waals surface area contributed by atoms with Crippen molar-refractivity contribution in [3.05, 3.63) is 29.8 Å². The van der Waals surface area contributed by atoms with Crippen LogP contribution in [0.4, 0.5) is 0 Å². The van der Waals surface area contributed by atoms with Gasteiger partial charge in [-0.05, 0) is 31.4 Å². The van der Waals surface area contributed by atoms with E-state index in [0.29, 0.717) is 5.92 Å². The van der Waals surface area contributed by atoms with E-state index in [1.807, 2.05) is 12.1 Å². The highest BCUT2D eigenvalue weighted by molar-refractivity contribution is 5.41. The molecule has 0 unspecified atom stereocenters. The van der Waals surface area contributed by atoms with Crippen molar-refractivity contribution < 1.29 is 9.47 Å². The Morgan fingerprint density at radius 1 is 1.29 bits per heavy atom. The molecule has 94 valence electrons. The quantitative estimate of drug-likeness (QED) is 0.848. The van der Waals surface area contributed by atoms with Gasteiger partial charge in [-0.25, -0.2) is 0 Å². The first-order valence-electron chi connectivity index (χ1n) is 6.08.